The topological polar surface area (TPSA) is 53.2 Å². The van der Waals surface area contributed by atoms with E-state index < -0.39 is 12.2 Å². The molecule has 74 valence electrons. The molecule has 0 radical (unpaired) electrons. The molecule has 14 heavy (non-hydrogen) atoms. The minimum absolute atomic E-state index is 0.473. The van der Waals surface area contributed by atoms with Crippen LogP contribution in [0, 0.1) is 11.3 Å². The molecule has 0 saturated heterocycles. The molecule has 0 aliphatic rings. The van der Waals surface area contributed by atoms with E-state index in [0.29, 0.717) is 5.75 Å². The second kappa shape index (κ2) is 4.64. The Hall–Kier alpha value is -1.53. The summed E-state index contributed by atoms with van der Waals surface area (Å²) in [6.45, 7) is 3.36. The van der Waals surface area contributed by atoms with E-state index in [2.05, 4.69) is 0 Å². The second-order valence-corrected chi connectivity index (χ2v) is 3.14. The minimum atomic E-state index is -0.518. The molecule has 1 unspecified atom stereocenters. The van der Waals surface area contributed by atoms with Crippen molar-refractivity contribution in [2.75, 3.05) is 0 Å². The van der Waals surface area contributed by atoms with Crippen LogP contribution in [0.15, 0.2) is 24.3 Å². The third kappa shape index (κ3) is 2.75. The van der Waals surface area contributed by atoms with Crippen LogP contribution < -0.4 is 4.74 Å². The van der Waals surface area contributed by atoms with Crippen molar-refractivity contribution < 1.29 is 9.84 Å². The summed E-state index contributed by atoms with van der Waals surface area (Å²) in [6.07, 6.45) is -0.991. The third-order valence-electron chi connectivity index (χ3n) is 1.84. The summed E-state index contributed by atoms with van der Waals surface area (Å²) >= 11 is 0. The lowest BCUT2D eigenvalue weighted by Crippen LogP contribution is -2.08. The first-order chi connectivity index (χ1) is 6.63. The smallest absolute Gasteiger partial charge is 0.181 e. The van der Waals surface area contributed by atoms with Gasteiger partial charge in [0, 0.05) is 0 Å². The van der Waals surface area contributed by atoms with Gasteiger partial charge in [-0.15, -0.1) is 0 Å². The van der Waals surface area contributed by atoms with Crippen LogP contribution in [0.1, 0.15) is 25.5 Å². The molecular formula is C11H13NO2. The highest BCUT2D eigenvalue weighted by atomic mass is 16.5. The number of nitriles is 1. The summed E-state index contributed by atoms with van der Waals surface area (Å²) in [5.74, 6) is 0.609. The average Bonchev–Trinajstić information content (AvgIpc) is 2.18. The average molecular weight is 191 g/mol. The first-order valence-corrected chi connectivity index (χ1v) is 4.48. The van der Waals surface area contributed by atoms with Gasteiger partial charge >= 0.3 is 0 Å². The SMILES string of the molecule is CC(C#N)Oc1cccc([C@@H](C)O)c1. The van der Waals surface area contributed by atoms with Gasteiger partial charge in [-0.1, -0.05) is 12.1 Å². The molecular weight excluding hydrogens is 178 g/mol. The van der Waals surface area contributed by atoms with Crippen LogP contribution in [-0.2, 0) is 0 Å². The molecule has 0 fully saturated rings. The fourth-order valence-electron chi connectivity index (χ4n) is 1.08. The van der Waals surface area contributed by atoms with Gasteiger partial charge in [0.2, 0.25) is 0 Å². The van der Waals surface area contributed by atoms with Gasteiger partial charge in [-0.3, -0.25) is 0 Å². The van der Waals surface area contributed by atoms with E-state index in [0.717, 1.165) is 5.56 Å². The van der Waals surface area contributed by atoms with Crippen molar-refractivity contribution in [3.05, 3.63) is 29.8 Å². The normalized spacial score (nSPS) is 14.1. The monoisotopic (exact) mass is 191 g/mol. The van der Waals surface area contributed by atoms with E-state index in [1.165, 1.54) is 0 Å². The fraction of sp³-hybridized carbons (Fsp3) is 0.364. The molecule has 0 amide bonds. The zero-order valence-corrected chi connectivity index (χ0v) is 8.27. The highest BCUT2D eigenvalue weighted by Crippen LogP contribution is 2.19. The number of aliphatic hydroxyl groups excluding tert-OH is 1. The molecule has 1 aromatic carbocycles. The van der Waals surface area contributed by atoms with Crippen molar-refractivity contribution in [2.45, 2.75) is 26.1 Å². The Balaban J connectivity index is 2.79. The van der Waals surface area contributed by atoms with E-state index >= 15 is 0 Å². The van der Waals surface area contributed by atoms with E-state index in [9.17, 15) is 5.11 Å². The standard InChI is InChI=1S/C11H13NO2/c1-8(7-12)14-11-5-3-4-10(6-11)9(2)13/h3-6,8-9,13H,1-2H3/t8?,9-/m1/s1. The fourth-order valence-corrected chi connectivity index (χ4v) is 1.08. The zero-order valence-electron chi connectivity index (χ0n) is 8.27. The van der Waals surface area contributed by atoms with Gasteiger partial charge in [0.15, 0.2) is 6.10 Å². The number of hydrogen-bond acceptors (Lipinski definition) is 3. The largest absolute Gasteiger partial charge is 0.476 e. The Bertz CT molecular complexity index is 341. The van der Waals surface area contributed by atoms with Crippen LogP contribution in [0.2, 0.25) is 0 Å². The highest BCUT2D eigenvalue weighted by molar-refractivity contribution is 5.30. The van der Waals surface area contributed by atoms with Crippen LogP contribution in [0.3, 0.4) is 0 Å². The summed E-state index contributed by atoms with van der Waals surface area (Å²) in [4.78, 5) is 0. The molecule has 1 rings (SSSR count). The van der Waals surface area contributed by atoms with Crippen LogP contribution in [-0.4, -0.2) is 11.2 Å². The van der Waals surface area contributed by atoms with Gasteiger partial charge in [0.1, 0.15) is 11.8 Å². The Morgan fingerprint density at radius 1 is 1.43 bits per heavy atom. The van der Waals surface area contributed by atoms with Crippen molar-refractivity contribution in [1.29, 1.82) is 5.26 Å². The van der Waals surface area contributed by atoms with Crippen molar-refractivity contribution in [1.82, 2.24) is 0 Å². The zero-order chi connectivity index (χ0) is 10.6. The maximum absolute atomic E-state index is 9.32. The first kappa shape index (κ1) is 10.6. The molecule has 1 aromatic rings. The minimum Gasteiger partial charge on any atom is -0.476 e. The summed E-state index contributed by atoms with van der Waals surface area (Å²) < 4.78 is 5.28. The van der Waals surface area contributed by atoms with Crippen LogP contribution >= 0.6 is 0 Å². The lowest BCUT2D eigenvalue weighted by atomic mass is 10.1. The van der Waals surface area contributed by atoms with Gasteiger partial charge in [-0.05, 0) is 31.5 Å². The number of aliphatic hydroxyl groups is 1. The molecule has 0 aliphatic heterocycles. The van der Waals surface area contributed by atoms with E-state index in [-0.39, 0.29) is 0 Å². The summed E-state index contributed by atoms with van der Waals surface area (Å²) in [5.41, 5.74) is 0.785. The van der Waals surface area contributed by atoms with Gasteiger partial charge in [-0.2, -0.15) is 5.26 Å². The molecule has 0 bridgehead atoms. The summed E-state index contributed by atoms with van der Waals surface area (Å²) in [7, 11) is 0. The molecule has 0 saturated carbocycles. The number of rotatable bonds is 3. The molecule has 0 aliphatic carbocycles. The molecule has 3 heteroatoms. The maximum atomic E-state index is 9.32. The van der Waals surface area contributed by atoms with Crippen molar-refractivity contribution >= 4 is 0 Å². The van der Waals surface area contributed by atoms with E-state index in [1.54, 1.807) is 32.0 Å². The van der Waals surface area contributed by atoms with Crippen molar-refractivity contribution in [3.63, 3.8) is 0 Å². The van der Waals surface area contributed by atoms with E-state index in [4.69, 9.17) is 10.00 Å². The van der Waals surface area contributed by atoms with Crippen LogP contribution in [0.4, 0.5) is 0 Å². The summed E-state index contributed by atoms with van der Waals surface area (Å²) in [6, 6.07) is 9.08. The quantitative estimate of drug-likeness (QED) is 0.795. The second-order valence-electron chi connectivity index (χ2n) is 3.14. The molecule has 3 nitrogen and oxygen atoms in total. The molecule has 0 heterocycles. The lowest BCUT2D eigenvalue weighted by Gasteiger charge is -2.10. The number of benzene rings is 1. The number of ether oxygens (including phenoxy) is 1. The number of nitrogens with zero attached hydrogens (tertiary/aromatic N) is 1. The number of hydrogen-bond donors (Lipinski definition) is 1. The predicted molar refractivity (Wildman–Crippen MR) is 52.8 cm³/mol. The van der Waals surface area contributed by atoms with Gasteiger partial charge in [-0.25, -0.2) is 0 Å². The van der Waals surface area contributed by atoms with Gasteiger partial charge in [0.05, 0.1) is 6.10 Å². The Kier molecular flexibility index (Phi) is 3.49. The highest BCUT2D eigenvalue weighted by Gasteiger charge is 2.04. The molecule has 0 spiro atoms. The Labute approximate surface area is 83.6 Å². The third-order valence-corrected chi connectivity index (χ3v) is 1.84. The van der Waals surface area contributed by atoms with Gasteiger partial charge < -0.3 is 9.84 Å². The van der Waals surface area contributed by atoms with Gasteiger partial charge in [0.25, 0.3) is 0 Å². The Morgan fingerprint density at radius 2 is 2.14 bits per heavy atom. The molecule has 0 aromatic heterocycles. The molecule has 2 atom stereocenters. The van der Waals surface area contributed by atoms with Crippen molar-refractivity contribution in [2.24, 2.45) is 0 Å². The van der Waals surface area contributed by atoms with Crippen molar-refractivity contribution in [3.8, 4) is 11.8 Å². The van der Waals surface area contributed by atoms with Crippen LogP contribution in [0.5, 0.6) is 5.75 Å². The predicted octanol–water partition coefficient (Wildman–Crippen LogP) is 2.03. The molecule has 1 N–H and O–H groups in total. The lowest BCUT2D eigenvalue weighted by molar-refractivity contribution is 0.198. The maximum Gasteiger partial charge on any atom is 0.181 e. The Morgan fingerprint density at radius 3 is 2.71 bits per heavy atom. The summed E-state index contributed by atoms with van der Waals surface area (Å²) in [5, 5.41) is 17.9. The van der Waals surface area contributed by atoms with Crippen LogP contribution in [0.25, 0.3) is 0 Å². The first-order valence-electron chi connectivity index (χ1n) is 4.48. The van der Waals surface area contributed by atoms with E-state index in [1.807, 2.05) is 12.1 Å².